The Morgan fingerprint density at radius 2 is 2.17 bits per heavy atom. The third kappa shape index (κ3) is 2.96. The molecule has 4 heterocycles. The van der Waals surface area contributed by atoms with Crippen LogP contribution in [0.3, 0.4) is 0 Å². The molecule has 0 unspecified atom stereocenters. The summed E-state index contributed by atoms with van der Waals surface area (Å²) >= 11 is 1.36. The molecule has 1 aromatic carbocycles. The van der Waals surface area contributed by atoms with Crippen molar-refractivity contribution in [3.63, 3.8) is 0 Å². The standard InChI is InChI=1S/C17H19N3O2S/c21-13-3-1-2-12(8-13)15-9-18-17(23-15)16(22)19-14-10-20-6-4-11(14)5-7-20/h1-3,8-9,11,14,21H,4-7,10H2,(H,19,22)/t14-/m0/s1. The SMILES string of the molecule is O=C(N[C@H]1CN2CCC1CC2)c1ncc(-c2cccc(O)c2)s1. The first-order chi connectivity index (χ1) is 11.2. The minimum atomic E-state index is -0.0832. The number of hydrogen-bond donors (Lipinski definition) is 2. The van der Waals surface area contributed by atoms with Crippen molar-refractivity contribution in [1.29, 1.82) is 0 Å². The molecule has 0 radical (unpaired) electrons. The number of carbonyl (C=O) groups excluding carboxylic acids is 1. The summed E-state index contributed by atoms with van der Waals surface area (Å²) in [5.41, 5.74) is 0.879. The number of benzene rings is 1. The van der Waals surface area contributed by atoms with Crippen LogP contribution in [-0.2, 0) is 0 Å². The molecule has 120 valence electrons. The van der Waals surface area contributed by atoms with Crippen LogP contribution in [-0.4, -0.2) is 46.6 Å². The van der Waals surface area contributed by atoms with Gasteiger partial charge >= 0.3 is 0 Å². The summed E-state index contributed by atoms with van der Waals surface area (Å²) in [6.45, 7) is 3.28. The lowest BCUT2D eigenvalue weighted by molar-refractivity contribution is 0.0620. The first-order valence-electron chi connectivity index (χ1n) is 7.97. The largest absolute Gasteiger partial charge is 0.508 e. The topological polar surface area (TPSA) is 65.5 Å². The Kier molecular flexibility index (Phi) is 3.79. The zero-order valence-electron chi connectivity index (χ0n) is 12.7. The zero-order chi connectivity index (χ0) is 15.8. The maximum atomic E-state index is 12.5. The molecule has 3 fully saturated rings. The lowest BCUT2D eigenvalue weighted by atomic mass is 9.84. The number of thiazole rings is 1. The Balaban J connectivity index is 1.47. The first kappa shape index (κ1) is 14.7. The van der Waals surface area contributed by atoms with Crippen LogP contribution in [0.4, 0.5) is 0 Å². The molecule has 6 heteroatoms. The van der Waals surface area contributed by atoms with Gasteiger partial charge in [-0.05, 0) is 49.5 Å². The molecule has 3 aliphatic rings. The summed E-state index contributed by atoms with van der Waals surface area (Å²) in [7, 11) is 0. The highest BCUT2D eigenvalue weighted by Crippen LogP contribution is 2.30. The van der Waals surface area contributed by atoms with E-state index in [0.717, 1.165) is 30.1 Å². The molecule has 3 aliphatic heterocycles. The van der Waals surface area contributed by atoms with E-state index < -0.39 is 0 Å². The summed E-state index contributed by atoms with van der Waals surface area (Å²) < 4.78 is 0. The number of aromatic hydroxyl groups is 1. The third-order valence-electron chi connectivity index (χ3n) is 4.80. The Bertz CT molecular complexity index is 722. The minimum Gasteiger partial charge on any atom is -0.508 e. The van der Waals surface area contributed by atoms with Gasteiger partial charge in [-0.2, -0.15) is 0 Å². The van der Waals surface area contributed by atoms with Crippen LogP contribution in [0, 0.1) is 5.92 Å². The van der Waals surface area contributed by atoms with Gasteiger partial charge < -0.3 is 15.3 Å². The second kappa shape index (κ2) is 5.94. The van der Waals surface area contributed by atoms with Gasteiger partial charge in [0.25, 0.3) is 5.91 Å². The van der Waals surface area contributed by atoms with Crippen molar-refractivity contribution in [2.45, 2.75) is 18.9 Å². The van der Waals surface area contributed by atoms with E-state index in [-0.39, 0.29) is 17.7 Å². The monoisotopic (exact) mass is 329 g/mol. The van der Waals surface area contributed by atoms with E-state index in [0.29, 0.717) is 10.9 Å². The lowest BCUT2D eigenvalue weighted by Gasteiger charge is -2.44. The number of piperidine rings is 3. The van der Waals surface area contributed by atoms with Crippen molar-refractivity contribution in [3.05, 3.63) is 35.5 Å². The molecule has 1 atom stereocenters. The molecule has 5 nitrogen and oxygen atoms in total. The summed E-state index contributed by atoms with van der Waals surface area (Å²) in [5.74, 6) is 0.740. The fourth-order valence-corrected chi connectivity index (χ4v) is 4.35. The molecule has 3 saturated heterocycles. The van der Waals surface area contributed by atoms with Crippen LogP contribution in [0.15, 0.2) is 30.5 Å². The summed E-state index contributed by atoms with van der Waals surface area (Å²) in [4.78, 5) is 20.0. The van der Waals surface area contributed by atoms with Crippen LogP contribution >= 0.6 is 11.3 Å². The van der Waals surface area contributed by atoms with Gasteiger partial charge in [0.1, 0.15) is 5.75 Å². The number of nitrogens with zero attached hydrogens (tertiary/aromatic N) is 2. The van der Waals surface area contributed by atoms with Gasteiger partial charge in [0.05, 0.1) is 4.88 Å². The summed E-state index contributed by atoms with van der Waals surface area (Å²) in [6, 6.07) is 7.26. The predicted octanol–water partition coefficient (Wildman–Crippen LogP) is 2.34. The zero-order valence-corrected chi connectivity index (χ0v) is 13.6. The number of nitrogens with one attached hydrogen (secondary N) is 1. The smallest absolute Gasteiger partial charge is 0.280 e. The maximum absolute atomic E-state index is 12.5. The van der Waals surface area contributed by atoms with Crippen LogP contribution in [0.1, 0.15) is 22.6 Å². The molecular formula is C17H19N3O2S. The van der Waals surface area contributed by atoms with E-state index in [1.807, 2.05) is 6.07 Å². The van der Waals surface area contributed by atoms with Crippen LogP contribution in [0.5, 0.6) is 5.75 Å². The van der Waals surface area contributed by atoms with E-state index in [4.69, 9.17) is 0 Å². The number of amides is 1. The highest BCUT2D eigenvalue weighted by Gasteiger charge is 2.35. The fraction of sp³-hybridized carbons (Fsp3) is 0.412. The number of phenols is 1. The predicted molar refractivity (Wildman–Crippen MR) is 89.6 cm³/mol. The van der Waals surface area contributed by atoms with Crippen molar-refractivity contribution in [3.8, 4) is 16.2 Å². The van der Waals surface area contributed by atoms with Crippen molar-refractivity contribution >= 4 is 17.2 Å². The average molecular weight is 329 g/mol. The first-order valence-corrected chi connectivity index (χ1v) is 8.79. The Hall–Kier alpha value is -1.92. The molecular weight excluding hydrogens is 310 g/mol. The number of fused-ring (bicyclic) bond motifs is 3. The molecule has 2 bridgehead atoms. The summed E-state index contributed by atoms with van der Waals surface area (Å²) in [5, 5.41) is 13.2. The van der Waals surface area contributed by atoms with E-state index in [1.54, 1.807) is 24.4 Å². The summed E-state index contributed by atoms with van der Waals surface area (Å²) in [6.07, 6.45) is 4.06. The van der Waals surface area contributed by atoms with Gasteiger partial charge in [-0.25, -0.2) is 4.98 Å². The number of carbonyl (C=O) groups is 1. The minimum absolute atomic E-state index is 0.0832. The molecule has 2 N–H and O–H groups in total. The fourth-order valence-electron chi connectivity index (χ4n) is 3.53. The molecule has 2 aromatic rings. The van der Waals surface area contributed by atoms with Crippen LogP contribution in [0.25, 0.3) is 10.4 Å². The molecule has 1 amide bonds. The highest BCUT2D eigenvalue weighted by atomic mass is 32.1. The van der Waals surface area contributed by atoms with Crippen molar-refractivity contribution in [2.24, 2.45) is 5.92 Å². The van der Waals surface area contributed by atoms with Gasteiger partial charge in [0.2, 0.25) is 0 Å². The average Bonchev–Trinajstić information content (AvgIpc) is 3.06. The van der Waals surface area contributed by atoms with Gasteiger partial charge in [-0.3, -0.25) is 4.79 Å². The third-order valence-corrected chi connectivity index (χ3v) is 5.85. The van der Waals surface area contributed by atoms with Gasteiger partial charge in [-0.15, -0.1) is 11.3 Å². The van der Waals surface area contributed by atoms with Crippen LogP contribution < -0.4 is 5.32 Å². The molecule has 0 spiro atoms. The van der Waals surface area contributed by atoms with Crippen molar-refractivity contribution < 1.29 is 9.90 Å². The lowest BCUT2D eigenvalue weighted by Crippen LogP contribution is -2.57. The van der Waals surface area contributed by atoms with Crippen molar-refractivity contribution in [2.75, 3.05) is 19.6 Å². The van der Waals surface area contributed by atoms with E-state index in [9.17, 15) is 9.90 Å². The number of phenolic OH excluding ortho intramolecular Hbond substituents is 1. The normalized spacial score (nSPS) is 26.2. The Labute approximate surface area is 139 Å². The molecule has 5 rings (SSSR count). The molecule has 23 heavy (non-hydrogen) atoms. The molecule has 0 saturated carbocycles. The van der Waals surface area contributed by atoms with Crippen molar-refractivity contribution in [1.82, 2.24) is 15.2 Å². The number of hydrogen-bond acceptors (Lipinski definition) is 5. The van der Waals surface area contributed by atoms with Crippen LogP contribution in [0.2, 0.25) is 0 Å². The van der Waals surface area contributed by atoms with Gasteiger partial charge in [0, 0.05) is 18.8 Å². The molecule has 0 aliphatic carbocycles. The quantitative estimate of drug-likeness (QED) is 0.907. The molecule has 1 aromatic heterocycles. The van der Waals surface area contributed by atoms with E-state index in [2.05, 4.69) is 15.2 Å². The van der Waals surface area contributed by atoms with E-state index >= 15 is 0 Å². The van der Waals surface area contributed by atoms with E-state index in [1.165, 1.54) is 24.2 Å². The Morgan fingerprint density at radius 3 is 2.87 bits per heavy atom. The highest BCUT2D eigenvalue weighted by molar-refractivity contribution is 7.17. The second-order valence-electron chi connectivity index (χ2n) is 6.30. The number of rotatable bonds is 3. The van der Waals surface area contributed by atoms with Gasteiger partial charge in [0.15, 0.2) is 5.01 Å². The second-order valence-corrected chi connectivity index (χ2v) is 7.33. The Morgan fingerprint density at radius 1 is 1.35 bits per heavy atom. The maximum Gasteiger partial charge on any atom is 0.280 e. The van der Waals surface area contributed by atoms with Gasteiger partial charge in [-0.1, -0.05) is 12.1 Å². The number of aromatic nitrogens is 1.